The molecule has 102 valence electrons. The normalized spacial score (nSPS) is 12.6. The number of benzene rings is 1. The average Bonchev–Trinajstić information content (AvgIpc) is 2.71. The van der Waals surface area contributed by atoms with Crippen LogP contribution in [0.1, 0.15) is 36.2 Å². The Bertz CT molecular complexity index is 531. The number of rotatable bonds is 5. The summed E-state index contributed by atoms with van der Waals surface area (Å²) in [5, 5.41) is 7.83. The molecule has 1 heterocycles. The highest BCUT2D eigenvalue weighted by atomic mass is 19.1. The summed E-state index contributed by atoms with van der Waals surface area (Å²) in [6.07, 6.45) is 2.99. The second-order valence-electron chi connectivity index (χ2n) is 4.81. The van der Waals surface area contributed by atoms with Crippen molar-refractivity contribution in [1.29, 1.82) is 0 Å². The quantitative estimate of drug-likeness (QED) is 0.896. The fourth-order valence-electron chi connectivity index (χ4n) is 2.25. The van der Waals surface area contributed by atoms with Gasteiger partial charge in [-0.25, -0.2) is 4.39 Å². The minimum absolute atomic E-state index is 0.193. The zero-order valence-electron chi connectivity index (χ0n) is 11.7. The van der Waals surface area contributed by atoms with E-state index in [1.54, 1.807) is 0 Å². The molecule has 0 fully saturated rings. The van der Waals surface area contributed by atoms with E-state index in [4.69, 9.17) is 0 Å². The first-order valence-corrected chi connectivity index (χ1v) is 6.58. The molecule has 0 aliphatic heterocycles. The van der Waals surface area contributed by atoms with Gasteiger partial charge in [0.05, 0.1) is 5.69 Å². The third-order valence-corrected chi connectivity index (χ3v) is 3.33. The molecule has 0 saturated heterocycles. The van der Waals surface area contributed by atoms with Gasteiger partial charge in [0.15, 0.2) is 0 Å². The molecule has 0 aliphatic carbocycles. The van der Waals surface area contributed by atoms with Crippen LogP contribution in [-0.2, 0) is 13.6 Å². The summed E-state index contributed by atoms with van der Waals surface area (Å²) in [5.74, 6) is -0.193. The van der Waals surface area contributed by atoms with Gasteiger partial charge in [-0.15, -0.1) is 0 Å². The minimum atomic E-state index is -0.193. The molecule has 1 aromatic heterocycles. The molecule has 1 aromatic carbocycles. The Labute approximate surface area is 113 Å². The van der Waals surface area contributed by atoms with Gasteiger partial charge >= 0.3 is 0 Å². The highest BCUT2D eigenvalue weighted by Gasteiger charge is 2.10. The lowest BCUT2D eigenvalue weighted by atomic mass is 10.0. The molecule has 2 rings (SSSR count). The van der Waals surface area contributed by atoms with E-state index in [1.165, 1.54) is 17.7 Å². The van der Waals surface area contributed by atoms with E-state index in [-0.39, 0.29) is 11.9 Å². The number of hydrogen-bond acceptors (Lipinski definition) is 2. The fourth-order valence-corrected chi connectivity index (χ4v) is 2.25. The molecule has 1 atom stereocenters. The van der Waals surface area contributed by atoms with Crippen molar-refractivity contribution in [2.24, 2.45) is 7.05 Å². The Morgan fingerprint density at radius 3 is 2.53 bits per heavy atom. The zero-order valence-corrected chi connectivity index (χ0v) is 11.7. The monoisotopic (exact) mass is 261 g/mol. The van der Waals surface area contributed by atoms with Crippen molar-refractivity contribution in [1.82, 2.24) is 15.1 Å². The van der Waals surface area contributed by atoms with E-state index in [2.05, 4.69) is 17.3 Å². The molecule has 2 aromatic rings. The van der Waals surface area contributed by atoms with Gasteiger partial charge in [-0.1, -0.05) is 19.1 Å². The highest BCUT2D eigenvalue weighted by Crippen LogP contribution is 2.18. The number of halogens is 1. The van der Waals surface area contributed by atoms with Crippen LogP contribution in [0.4, 0.5) is 4.39 Å². The summed E-state index contributed by atoms with van der Waals surface area (Å²) in [6, 6.07) is 6.93. The first kappa shape index (κ1) is 13.7. The molecule has 19 heavy (non-hydrogen) atoms. The maximum absolute atomic E-state index is 12.9. The van der Waals surface area contributed by atoms with Crippen LogP contribution in [0.2, 0.25) is 0 Å². The van der Waals surface area contributed by atoms with Gasteiger partial charge in [0.1, 0.15) is 5.82 Å². The topological polar surface area (TPSA) is 29.9 Å². The Hall–Kier alpha value is -1.68. The number of aromatic nitrogens is 2. The van der Waals surface area contributed by atoms with Crippen LogP contribution in [0.15, 0.2) is 30.5 Å². The second-order valence-corrected chi connectivity index (χ2v) is 4.81. The predicted molar refractivity (Wildman–Crippen MR) is 74.2 cm³/mol. The lowest BCUT2D eigenvalue weighted by molar-refractivity contribution is 0.516. The highest BCUT2D eigenvalue weighted by molar-refractivity contribution is 5.21. The smallest absolute Gasteiger partial charge is 0.123 e. The van der Waals surface area contributed by atoms with Crippen molar-refractivity contribution in [3.05, 3.63) is 53.1 Å². The van der Waals surface area contributed by atoms with Gasteiger partial charge < -0.3 is 5.32 Å². The van der Waals surface area contributed by atoms with Gasteiger partial charge in [0.25, 0.3) is 0 Å². The van der Waals surface area contributed by atoms with E-state index in [9.17, 15) is 4.39 Å². The van der Waals surface area contributed by atoms with Crippen molar-refractivity contribution in [3.63, 3.8) is 0 Å². The van der Waals surface area contributed by atoms with E-state index in [0.717, 1.165) is 24.2 Å². The Kier molecular flexibility index (Phi) is 4.32. The van der Waals surface area contributed by atoms with Crippen LogP contribution < -0.4 is 5.32 Å². The maximum atomic E-state index is 12.9. The van der Waals surface area contributed by atoms with Crippen molar-refractivity contribution in [2.45, 2.75) is 32.9 Å². The molecular weight excluding hydrogens is 241 g/mol. The lowest BCUT2D eigenvalue weighted by Crippen LogP contribution is -2.20. The van der Waals surface area contributed by atoms with Gasteiger partial charge in [0, 0.05) is 31.4 Å². The molecule has 1 N–H and O–H groups in total. The third kappa shape index (κ3) is 3.41. The maximum Gasteiger partial charge on any atom is 0.123 e. The third-order valence-electron chi connectivity index (χ3n) is 3.33. The molecule has 0 bridgehead atoms. The fraction of sp³-hybridized carbons (Fsp3) is 0.400. The van der Waals surface area contributed by atoms with Crippen molar-refractivity contribution < 1.29 is 4.39 Å². The van der Waals surface area contributed by atoms with E-state index >= 15 is 0 Å². The Morgan fingerprint density at radius 2 is 2.00 bits per heavy atom. The van der Waals surface area contributed by atoms with Crippen molar-refractivity contribution in [3.8, 4) is 0 Å². The van der Waals surface area contributed by atoms with Crippen LogP contribution in [0.3, 0.4) is 0 Å². The van der Waals surface area contributed by atoms with Gasteiger partial charge in [0.2, 0.25) is 0 Å². The summed E-state index contributed by atoms with van der Waals surface area (Å²) in [4.78, 5) is 0. The average molecular weight is 261 g/mol. The molecule has 0 aliphatic rings. The predicted octanol–water partition coefficient (Wildman–Crippen LogP) is 3.11. The Balaban J connectivity index is 2.03. The lowest BCUT2D eigenvalue weighted by Gasteiger charge is -2.17. The van der Waals surface area contributed by atoms with Crippen LogP contribution in [0.25, 0.3) is 0 Å². The number of nitrogens with one attached hydrogen (secondary N) is 1. The molecular formula is C15H20FN3. The summed E-state index contributed by atoms with van der Waals surface area (Å²) >= 11 is 0. The van der Waals surface area contributed by atoms with Crippen molar-refractivity contribution >= 4 is 0 Å². The molecule has 0 spiro atoms. The minimum Gasteiger partial charge on any atom is -0.306 e. The molecule has 4 heteroatoms. The van der Waals surface area contributed by atoms with E-state index < -0.39 is 0 Å². The summed E-state index contributed by atoms with van der Waals surface area (Å²) in [7, 11) is 1.92. The van der Waals surface area contributed by atoms with Crippen LogP contribution in [-0.4, -0.2) is 9.78 Å². The van der Waals surface area contributed by atoms with Crippen molar-refractivity contribution in [2.75, 3.05) is 0 Å². The Morgan fingerprint density at radius 1 is 1.32 bits per heavy atom. The summed E-state index contributed by atoms with van der Waals surface area (Å²) in [5.41, 5.74) is 3.36. The van der Waals surface area contributed by atoms with Gasteiger partial charge in [-0.05, 0) is 31.0 Å². The largest absolute Gasteiger partial charge is 0.306 e. The first-order valence-electron chi connectivity index (χ1n) is 6.58. The second kappa shape index (κ2) is 5.97. The number of nitrogens with zero attached hydrogens (tertiary/aromatic N) is 2. The first-order chi connectivity index (χ1) is 9.10. The van der Waals surface area contributed by atoms with Gasteiger partial charge in [-0.2, -0.15) is 5.10 Å². The molecule has 0 radical (unpaired) electrons. The van der Waals surface area contributed by atoms with Crippen LogP contribution in [0, 0.1) is 12.7 Å². The summed E-state index contributed by atoms with van der Waals surface area (Å²) in [6.45, 7) is 4.91. The molecule has 0 saturated carbocycles. The van der Waals surface area contributed by atoms with E-state index in [0.29, 0.717) is 0 Å². The number of aryl methyl sites for hydroxylation is 2. The van der Waals surface area contributed by atoms with Crippen LogP contribution >= 0.6 is 0 Å². The van der Waals surface area contributed by atoms with Gasteiger partial charge in [-0.3, -0.25) is 4.68 Å². The van der Waals surface area contributed by atoms with E-state index in [1.807, 2.05) is 37.0 Å². The molecule has 0 amide bonds. The zero-order chi connectivity index (χ0) is 13.8. The molecule has 3 nitrogen and oxygen atoms in total. The number of hydrogen-bond donors (Lipinski definition) is 1. The standard InChI is InChI=1S/C15H20FN3/c1-4-15(12-5-7-14(16)8-6-12)17-9-13-10-19(3)18-11(13)2/h5-8,10,15,17H,4,9H2,1-3H3. The summed E-state index contributed by atoms with van der Waals surface area (Å²) < 4.78 is 14.8. The van der Waals surface area contributed by atoms with Crippen LogP contribution in [0.5, 0.6) is 0 Å². The SMILES string of the molecule is CCC(NCc1cn(C)nc1C)c1ccc(F)cc1. The molecule has 1 unspecified atom stereocenters.